The number of amides is 1. The van der Waals surface area contributed by atoms with E-state index in [0.29, 0.717) is 5.75 Å². The Morgan fingerprint density at radius 1 is 1.00 bits per heavy atom. The number of carbonyl (C=O) groups is 1. The molecule has 1 saturated heterocycles. The van der Waals surface area contributed by atoms with Gasteiger partial charge in [0.25, 0.3) is 5.91 Å². The summed E-state index contributed by atoms with van der Waals surface area (Å²) in [6, 6.07) is 24.4. The van der Waals surface area contributed by atoms with Crippen molar-refractivity contribution in [3.05, 3.63) is 84.4 Å². The van der Waals surface area contributed by atoms with Crippen LogP contribution in [0.2, 0.25) is 0 Å². The van der Waals surface area contributed by atoms with E-state index in [2.05, 4.69) is 10.2 Å². The van der Waals surface area contributed by atoms with E-state index in [4.69, 9.17) is 4.74 Å². The molecule has 160 valence electrons. The number of piperazine rings is 1. The number of benzene rings is 3. The van der Waals surface area contributed by atoms with Crippen LogP contribution in [-0.2, 0) is 4.79 Å². The molecular formula is C25H28N3O3+. The summed E-state index contributed by atoms with van der Waals surface area (Å²) in [6.07, 6.45) is 0. The van der Waals surface area contributed by atoms with Gasteiger partial charge in [-0.2, -0.15) is 0 Å². The minimum absolute atomic E-state index is 0.0208. The van der Waals surface area contributed by atoms with Gasteiger partial charge in [-0.3, -0.25) is 4.79 Å². The van der Waals surface area contributed by atoms with E-state index in [1.54, 1.807) is 19.2 Å². The summed E-state index contributed by atoms with van der Waals surface area (Å²) in [5, 5.41) is 12.6. The summed E-state index contributed by atoms with van der Waals surface area (Å²) in [6.45, 7) is 3.36. The summed E-state index contributed by atoms with van der Waals surface area (Å²) in [7, 11) is 1.62. The van der Waals surface area contributed by atoms with Crippen LogP contribution in [0.15, 0.2) is 78.9 Å². The number of nitrogens with zero attached hydrogens (tertiary/aromatic N) is 1. The number of aromatic hydroxyl groups is 1. The molecule has 4 rings (SSSR count). The van der Waals surface area contributed by atoms with Crippen molar-refractivity contribution in [3.63, 3.8) is 0 Å². The molecular weight excluding hydrogens is 390 g/mol. The predicted molar refractivity (Wildman–Crippen MR) is 122 cm³/mol. The largest absolute Gasteiger partial charge is 0.508 e. The lowest BCUT2D eigenvalue weighted by molar-refractivity contribution is -0.922. The second-order valence-corrected chi connectivity index (χ2v) is 7.73. The molecule has 0 radical (unpaired) electrons. The highest BCUT2D eigenvalue weighted by atomic mass is 16.5. The molecule has 0 unspecified atom stereocenters. The maximum Gasteiger partial charge on any atom is 0.287 e. The summed E-state index contributed by atoms with van der Waals surface area (Å²) in [5.41, 5.74) is 2.83. The first kappa shape index (κ1) is 20.8. The van der Waals surface area contributed by atoms with Gasteiger partial charge < -0.3 is 25.0 Å². The van der Waals surface area contributed by atoms with Crippen molar-refractivity contribution < 1.29 is 19.5 Å². The van der Waals surface area contributed by atoms with Gasteiger partial charge in [-0.1, -0.05) is 36.4 Å². The van der Waals surface area contributed by atoms with Gasteiger partial charge in [-0.05, 0) is 36.4 Å². The number of hydrogen-bond acceptors (Lipinski definition) is 4. The molecule has 1 heterocycles. The fourth-order valence-electron chi connectivity index (χ4n) is 4.14. The molecule has 3 aromatic carbocycles. The van der Waals surface area contributed by atoms with Crippen molar-refractivity contribution in [3.8, 4) is 11.5 Å². The Balaban J connectivity index is 1.50. The van der Waals surface area contributed by atoms with Crippen LogP contribution in [0.1, 0.15) is 11.6 Å². The molecule has 6 nitrogen and oxygen atoms in total. The Morgan fingerprint density at radius 3 is 2.39 bits per heavy atom. The summed E-state index contributed by atoms with van der Waals surface area (Å²) >= 11 is 0. The van der Waals surface area contributed by atoms with Crippen molar-refractivity contribution in [2.45, 2.75) is 6.04 Å². The maximum absolute atomic E-state index is 13.4. The highest BCUT2D eigenvalue weighted by Gasteiger charge is 2.34. The minimum atomic E-state index is -0.297. The van der Waals surface area contributed by atoms with Crippen LogP contribution in [0, 0.1) is 0 Å². The van der Waals surface area contributed by atoms with E-state index in [1.807, 2.05) is 66.7 Å². The molecule has 0 saturated carbocycles. The predicted octanol–water partition coefficient (Wildman–Crippen LogP) is 2.49. The van der Waals surface area contributed by atoms with Crippen LogP contribution in [0.25, 0.3) is 0 Å². The lowest BCUT2D eigenvalue weighted by Crippen LogP contribution is -3.16. The van der Waals surface area contributed by atoms with E-state index >= 15 is 0 Å². The summed E-state index contributed by atoms with van der Waals surface area (Å²) in [4.78, 5) is 16.9. The number of carbonyl (C=O) groups excluding carboxylic acids is 1. The monoisotopic (exact) mass is 418 g/mol. The molecule has 1 aliphatic rings. The number of hydrogen-bond donors (Lipinski definition) is 3. The number of rotatable bonds is 6. The number of phenols is 1. The van der Waals surface area contributed by atoms with Crippen molar-refractivity contribution in [1.29, 1.82) is 0 Å². The molecule has 0 bridgehead atoms. The Labute approximate surface area is 182 Å². The Bertz CT molecular complexity index is 1000. The molecule has 0 spiro atoms. The van der Waals surface area contributed by atoms with Gasteiger partial charge in [-0.15, -0.1) is 0 Å². The first-order valence-corrected chi connectivity index (χ1v) is 10.5. The summed E-state index contributed by atoms with van der Waals surface area (Å²) < 4.78 is 5.28. The van der Waals surface area contributed by atoms with Crippen molar-refractivity contribution in [2.75, 3.05) is 43.5 Å². The number of nitrogens with one attached hydrogen (secondary N) is 2. The van der Waals surface area contributed by atoms with E-state index in [-0.39, 0.29) is 17.7 Å². The average molecular weight is 419 g/mol. The molecule has 1 amide bonds. The van der Waals surface area contributed by atoms with Gasteiger partial charge in [0.15, 0.2) is 6.04 Å². The normalized spacial score (nSPS) is 15.3. The molecule has 31 heavy (non-hydrogen) atoms. The molecule has 6 heteroatoms. The van der Waals surface area contributed by atoms with E-state index in [1.165, 1.54) is 4.90 Å². The molecule has 1 fully saturated rings. The zero-order valence-electron chi connectivity index (χ0n) is 17.6. The summed E-state index contributed by atoms with van der Waals surface area (Å²) in [5.74, 6) is 0.961. The second-order valence-electron chi connectivity index (χ2n) is 7.73. The zero-order chi connectivity index (χ0) is 21.6. The van der Waals surface area contributed by atoms with Gasteiger partial charge in [0.2, 0.25) is 0 Å². The van der Waals surface area contributed by atoms with Gasteiger partial charge in [0.1, 0.15) is 11.5 Å². The maximum atomic E-state index is 13.4. The van der Waals surface area contributed by atoms with Crippen LogP contribution < -0.4 is 19.9 Å². The first-order valence-electron chi connectivity index (χ1n) is 10.5. The minimum Gasteiger partial charge on any atom is -0.508 e. The Hall–Kier alpha value is -3.51. The molecule has 1 aliphatic heterocycles. The van der Waals surface area contributed by atoms with Crippen LogP contribution in [0.3, 0.4) is 0 Å². The SMILES string of the molecule is COc1cccc(NC(=O)[C@@H](c2ccccc2)[NH+]2CCN(c3ccc(O)cc3)CC2)c1. The molecule has 0 aliphatic carbocycles. The Morgan fingerprint density at radius 2 is 1.71 bits per heavy atom. The standard InChI is InChI=1S/C25H27N3O3/c1-31-23-9-5-8-20(18-23)26-25(30)24(19-6-3-2-4-7-19)28-16-14-27(15-17-28)21-10-12-22(29)13-11-21/h2-13,18,24,29H,14-17H2,1H3,(H,26,30)/p+1/t24-/m1/s1. The molecule has 3 N–H and O–H groups in total. The van der Waals surface area contributed by atoms with E-state index in [9.17, 15) is 9.90 Å². The van der Waals surface area contributed by atoms with E-state index in [0.717, 1.165) is 43.1 Å². The van der Waals surface area contributed by atoms with Crippen LogP contribution in [0.5, 0.6) is 11.5 Å². The highest BCUT2D eigenvalue weighted by Crippen LogP contribution is 2.21. The van der Waals surface area contributed by atoms with Crippen LogP contribution in [-0.4, -0.2) is 44.3 Å². The third-order valence-corrected chi connectivity index (χ3v) is 5.76. The zero-order valence-corrected chi connectivity index (χ0v) is 17.6. The van der Waals surface area contributed by atoms with Crippen LogP contribution in [0.4, 0.5) is 11.4 Å². The third kappa shape index (κ3) is 4.98. The third-order valence-electron chi connectivity index (χ3n) is 5.76. The lowest BCUT2D eigenvalue weighted by Gasteiger charge is -2.37. The average Bonchev–Trinajstić information content (AvgIpc) is 2.81. The molecule has 1 atom stereocenters. The van der Waals surface area contributed by atoms with Crippen molar-refractivity contribution in [2.24, 2.45) is 0 Å². The Kier molecular flexibility index (Phi) is 6.38. The number of anilines is 2. The van der Waals surface area contributed by atoms with Crippen molar-refractivity contribution in [1.82, 2.24) is 0 Å². The number of methoxy groups -OCH3 is 1. The lowest BCUT2D eigenvalue weighted by atomic mass is 10.0. The number of phenolic OH excluding ortho intramolecular Hbond substituents is 1. The smallest absolute Gasteiger partial charge is 0.287 e. The van der Waals surface area contributed by atoms with E-state index < -0.39 is 0 Å². The van der Waals surface area contributed by atoms with Crippen LogP contribution >= 0.6 is 0 Å². The fraction of sp³-hybridized carbons (Fsp3) is 0.240. The van der Waals surface area contributed by atoms with Gasteiger partial charge in [-0.25, -0.2) is 0 Å². The highest BCUT2D eigenvalue weighted by molar-refractivity contribution is 5.94. The first-order chi connectivity index (χ1) is 15.1. The van der Waals surface area contributed by atoms with Crippen molar-refractivity contribution >= 4 is 17.3 Å². The number of quaternary nitrogens is 1. The number of ether oxygens (including phenoxy) is 1. The van der Waals surface area contributed by atoms with Gasteiger partial charge >= 0.3 is 0 Å². The van der Waals surface area contributed by atoms with Gasteiger partial charge in [0.05, 0.1) is 33.3 Å². The van der Waals surface area contributed by atoms with Gasteiger partial charge in [0, 0.05) is 23.0 Å². The quantitative estimate of drug-likeness (QED) is 0.576. The second kappa shape index (κ2) is 9.53. The fourth-order valence-corrected chi connectivity index (χ4v) is 4.14. The molecule has 0 aromatic heterocycles. The topological polar surface area (TPSA) is 66.2 Å². The molecule has 3 aromatic rings.